The van der Waals surface area contributed by atoms with Gasteiger partial charge in [0.15, 0.2) is 0 Å². The molecule has 0 spiro atoms. The molecule has 0 saturated carbocycles. The third-order valence-corrected chi connectivity index (χ3v) is 3.61. The largest absolute Gasteiger partial charge is 0.466 e. The van der Waals surface area contributed by atoms with Gasteiger partial charge in [-0.05, 0) is 25.7 Å². The zero-order chi connectivity index (χ0) is 17.2. The van der Waals surface area contributed by atoms with Crippen molar-refractivity contribution in [3.8, 4) is 0 Å². The molecule has 0 aliphatic carbocycles. The molecule has 0 fully saturated rings. The lowest BCUT2D eigenvalue weighted by Gasteiger charge is -2.06. The van der Waals surface area contributed by atoms with Crippen molar-refractivity contribution in [3.63, 3.8) is 0 Å². The maximum absolute atomic E-state index is 11.5. The van der Waals surface area contributed by atoms with Gasteiger partial charge in [-0.25, -0.2) is 0 Å². The maximum Gasteiger partial charge on any atom is 0.306 e. The highest BCUT2D eigenvalue weighted by atomic mass is 16.5. The molecular weight excluding hydrogens is 292 g/mol. The van der Waals surface area contributed by atoms with E-state index in [4.69, 9.17) is 9.47 Å². The van der Waals surface area contributed by atoms with E-state index in [0.29, 0.717) is 13.2 Å². The summed E-state index contributed by atoms with van der Waals surface area (Å²) in [4.78, 5) is 22.9. The second kappa shape index (κ2) is 17.0. The van der Waals surface area contributed by atoms with Crippen molar-refractivity contribution in [3.05, 3.63) is 12.7 Å². The topological polar surface area (TPSA) is 52.6 Å². The van der Waals surface area contributed by atoms with Crippen molar-refractivity contribution in [2.75, 3.05) is 13.2 Å². The Balaban J connectivity index is 3.33. The molecule has 0 saturated heterocycles. The summed E-state index contributed by atoms with van der Waals surface area (Å²) in [5.74, 6) is -0.612. The van der Waals surface area contributed by atoms with E-state index in [9.17, 15) is 9.59 Å². The van der Waals surface area contributed by atoms with Gasteiger partial charge in [-0.3, -0.25) is 9.59 Å². The number of allylic oxidation sites excluding steroid dienone is 1. The fourth-order valence-corrected chi connectivity index (χ4v) is 2.17. The van der Waals surface area contributed by atoms with Gasteiger partial charge in [-0.2, -0.15) is 0 Å². The molecule has 4 heteroatoms. The fraction of sp³-hybridized carbons (Fsp3) is 0.789. The second-order valence-corrected chi connectivity index (χ2v) is 5.85. The Kier molecular flexibility index (Phi) is 16.1. The van der Waals surface area contributed by atoms with Gasteiger partial charge >= 0.3 is 11.9 Å². The predicted molar refractivity (Wildman–Crippen MR) is 93.2 cm³/mol. The number of ether oxygens (including phenoxy) is 2. The van der Waals surface area contributed by atoms with Crippen molar-refractivity contribution in [2.24, 2.45) is 0 Å². The molecule has 0 amide bonds. The smallest absolute Gasteiger partial charge is 0.306 e. The molecule has 0 rings (SSSR count). The lowest BCUT2D eigenvalue weighted by atomic mass is 10.1. The van der Waals surface area contributed by atoms with Crippen LogP contribution in [0.1, 0.15) is 84.0 Å². The zero-order valence-electron chi connectivity index (χ0n) is 14.8. The number of carbonyl (C=O) groups is 2. The van der Waals surface area contributed by atoms with Crippen LogP contribution in [0.4, 0.5) is 0 Å². The molecule has 0 unspecified atom stereocenters. The Bertz CT molecular complexity index is 312. The molecule has 0 bridgehead atoms. The van der Waals surface area contributed by atoms with Crippen molar-refractivity contribution >= 4 is 11.9 Å². The van der Waals surface area contributed by atoms with Crippen LogP contribution in [0.2, 0.25) is 0 Å². The van der Waals surface area contributed by atoms with E-state index in [1.54, 1.807) is 0 Å². The van der Waals surface area contributed by atoms with Gasteiger partial charge in [0.25, 0.3) is 0 Å². The van der Waals surface area contributed by atoms with Gasteiger partial charge < -0.3 is 9.47 Å². The molecule has 23 heavy (non-hydrogen) atoms. The number of esters is 2. The summed E-state index contributed by atoms with van der Waals surface area (Å²) in [6.45, 7) is 6.71. The molecule has 0 aliphatic heterocycles. The first-order chi connectivity index (χ1) is 11.2. The molecule has 0 aliphatic rings. The summed E-state index contributed by atoms with van der Waals surface area (Å²) in [6, 6.07) is 0. The molecule has 0 heterocycles. The lowest BCUT2D eigenvalue weighted by molar-refractivity contribution is -0.150. The van der Waals surface area contributed by atoms with E-state index in [-0.39, 0.29) is 24.8 Å². The van der Waals surface area contributed by atoms with E-state index in [0.717, 1.165) is 38.5 Å². The molecule has 134 valence electrons. The number of hydrogen-bond acceptors (Lipinski definition) is 4. The Morgan fingerprint density at radius 2 is 1.26 bits per heavy atom. The maximum atomic E-state index is 11.5. The third-order valence-electron chi connectivity index (χ3n) is 3.61. The first kappa shape index (κ1) is 21.7. The third kappa shape index (κ3) is 16.9. The molecule has 0 aromatic heterocycles. The minimum absolute atomic E-state index is 0.119. The summed E-state index contributed by atoms with van der Waals surface area (Å²) in [6.07, 6.45) is 13.2. The predicted octanol–water partition coefficient (Wildman–Crippen LogP) is 4.96. The van der Waals surface area contributed by atoms with E-state index in [2.05, 4.69) is 13.5 Å². The average molecular weight is 326 g/mol. The standard InChI is InChI=1S/C19H34O4/c1-3-5-7-8-9-10-11-13-17-23-19(21)15-14-18(20)22-16-12-6-4-2/h3H,1,4-17H2,2H3. The minimum Gasteiger partial charge on any atom is -0.466 e. The summed E-state index contributed by atoms with van der Waals surface area (Å²) < 4.78 is 10.2. The quantitative estimate of drug-likeness (QED) is 0.228. The number of rotatable bonds is 16. The fourth-order valence-electron chi connectivity index (χ4n) is 2.17. The zero-order valence-corrected chi connectivity index (χ0v) is 14.8. The normalized spacial score (nSPS) is 10.3. The van der Waals surface area contributed by atoms with E-state index in [1.165, 1.54) is 25.7 Å². The van der Waals surface area contributed by atoms with Crippen LogP contribution >= 0.6 is 0 Å². The molecule has 0 aromatic carbocycles. The van der Waals surface area contributed by atoms with Gasteiger partial charge in [0.05, 0.1) is 26.1 Å². The van der Waals surface area contributed by atoms with Gasteiger partial charge in [-0.15, -0.1) is 6.58 Å². The second-order valence-electron chi connectivity index (χ2n) is 5.85. The van der Waals surface area contributed by atoms with Crippen LogP contribution in [0.15, 0.2) is 12.7 Å². The van der Waals surface area contributed by atoms with Crippen LogP contribution in [-0.4, -0.2) is 25.2 Å². The van der Waals surface area contributed by atoms with E-state index < -0.39 is 0 Å². The van der Waals surface area contributed by atoms with Crippen LogP contribution in [0.5, 0.6) is 0 Å². The molecule has 0 atom stereocenters. The van der Waals surface area contributed by atoms with Crippen LogP contribution in [0, 0.1) is 0 Å². The van der Waals surface area contributed by atoms with Crippen LogP contribution in [0.25, 0.3) is 0 Å². The van der Waals surface area contributed by atoms with Crippen molar-refractivity contribution in [2.45, 2.75) is 84.0 Å². The summed E-state index contributed by atoms with van der Waals surface area (Å²) in [5.41, 5.74) is 0. The highest BCUT2D eigenvalue weighted by Gasteiger charge is 2.08. The SMILES string of the molecule is C=CCCCCCCCCOC(=O)CCC(=O)OCCCCC. The molecule has 0 N–H and O–H groups in total. The minimum atomic E-state index is -0.308. The lowest BCUT2D eigenvalue weighted by Crippen LogP contribution is -2.11. The first-order valence-corrected chi connectivity index (χ1v) is 9.12. The van der Waals surface area contributed by atoms with E-state index >= 15 is 0 Å². The Morgan fingerprint density at radius 3 is 1.78 bits per heavy atom. The van der Waals surface area contributed by atoms with Crippen molar-refractivity contribution < 1.29 is 19.1 Å². The van der Waals surface area contributed by atoms with Crippen LogP contribution in [0.3, 0.4) is 0 Å². The van der Waals surface area contributed by atoms with Crippen LogP contribution < -0.4 is 0 Å². The summed E-state index contributed by atoms with van der Waals surface area (Å²) >= 11 is 0. The molecule has 0 radical (unpaired) electrons. The van der Waals surface area contributed by atoms with Gasteiger partial charge in [0.2, 0.25) is 0 Å². The average Bonchev–Trinajstić information content (AvgIpc) is 2.55. The first-order valence-electron chi connectivity index (χ1n) is 9.12. The Labute approximate surface area is 141 Å². The number of unbranched alkanes of at least 4 members (excludes halogenated alkanes) is 8. The highest BCUT2D eigenvalue weighted by molar-refractivity contribution is 5.77. The number of carbonyl (C=O) groups excluding carboxylic acids is 2. The molecule has 0 aromatic rings. The Morgan fingerprint density at radius 1 is 0.783 bits per heavy atom. The van der Waals surface area contributed by atoms with Crippen molar-refractivity contribution in [1.82, 2.24) is 0 Å². The highest BCUT2D eigenvalue weighted by Crippen LogP contribution is 2.07. The van der Waals surface area contributed by atoms with Crippen molar-refractivity contribution in [1.29, 1.82) is 0 Å². The summed E-state index contributed by atoms with van der Waals surface area (Å²) in [7, 11) is 0. The van der Waals surface area contributed by atoms with E-state index in [1.807, 2.05) is 6.08 Å². The Hall–Kier alpha value is -1.32. The van der Waals surface area contributed by atoms with Gasteiger partial charge in [0.1, 0.15) is 0 Å². The number of hydrogen-bond donors (Lipinski definition) is 0. The van der Waals surface area contributed by atoms with Gasteiger partial charge in [-0.1, -0.05) is 51.5 Å². The summed E-state index contributed by atoms with van der Waals surface area (Å²) in [5, 5.41) is 0. The molecular formula is C19H34O4. The molecule has 4 nitrogen and oxygen atoms in total. The van der Waals surface area contributed by atoms with Crippen LogP contribution in [-0.2, 0) is 19.1 Å². The monoisotopic (exact) mass is 326 g/mol. The van der Waals surface area contributed by atoms with Gasteiger partial charge in [0, 0.05) is 0 Å².